The number of piperidine rings is 1. The first-order chi connectivity index (χ1) is 19.2. The predicted octanol–water partition coefficient (Wildman–Crippen LogP) is 2.90. The molecule has 0 unspecified atom stereocenters. The Morgan fingerprint density at radius 1 is 1.02 bits per heavy atom. The van der Waals surface area contributed by atoms with Crippen molar-refractivity contribution in [3.63, 3.8) is 0 Å². The van der Waals surface area contributed by atoms with Crippen LogP contribution in [0.2, 0.25) is 0 Å². The largest absolute Gasteiger partial charge is 0.473 e. The lowest BCUT2D eigenvalue weighted by Gasteiger charge is -2.31. The van der Waals surface area contributed by atoms with E-state index in [-0.39, 0.29) is 40.9 Å². The first-order valence-electron chi connectivity index (χ1n) is 12.7. The van der Waals surface area contributed by atoms with Crippen LogP contribution in [-0.2, 0) is 15.7 Å². The molecule has 212 valence electrons. The number of ether oxygens (including phenoxy) is 2. The van der Waals surface area contributed by atoms with E-state index >= 15 is 0 Å². The number of anilines is 4. The molecule has 0 aliphatic carbocycles. The Morgan fingerprint density at radius 3 is 2.42 bits per heavy atom. The van der Waals surface area contributed by atoms with Crippen molar-refractivity contribution >= 4 is 29.3 Å². The van der Waals surface area contributed by atoms with Crippen LogP contribution >= 0.6 is 0 Å². The summed E-state index contributed by atoms with van der Waals surface area (Å²) in [5.74, 6) is 0.878. The molecular formula is C25H28F3N9O3. The number of morpholine rings is 1. The summed E-state index contributed by atoms with van der Waals surface area (Å²) < 4.78 is 52.9. The van der Waals surface area contributed by atoms with Crippen molar-refractivity contribution < 1.29 is 27.4 Å². The van der Waals surface area contributed by atoms with Crippen molar-refractivity contribution in [1.82, 2.24) is 29.8 Å². The number of pyridine rings is 1. The monoisotopic (exact) mass is 559 g/mol. The number of amides is 1. The van der Waals surface area contributed by atoms with Gasteiger partial charge in [-0.05, 0) is 6.07 Å². The zero-order chi connectivity index (χ0) is 28.3. The molecule has 0 spiro atoms. The van der Waals surface area contributed by atoms with Gasteiger partial charge in [0.25, 0.3) is 0 Å². The third-order valence-corrected chi connectivity index (χ3v) is 6.57. The number of carbonyl (C=O) groups excluding carboxylic acids is 1. The smallest absolute Gasteiger partial charge is 0.417 e. The van der Waals surface area contributed by atoms with Crippen molar-refractivity contribution in [1.29, 1.82) is 0 Å². The minimum atomic E-state index is -4.67. The second-order valence-corrected chi connectivity index (χ2v) is 9.38. The van der Waals surface area contributed by atoms with E-state index in [4.69, 9.17) is 15.2 Å². The molecule has 3 aromatic heterocycles. The average molecular weight is 560 g/mol. The molecule has 0 bridgehead atoms. The molecule has 1 amide bonds. The quantitative estimate of drug-likeness (QED) is 0.460. The van der Waals surface area contributed by atoms with Crippen LogP contribution in [0.1, 0.15) is 25.3 Å². The zero-order valence-electron chi connectivity index (χ0n) is 21.7. The lowest BCUT2D eigenvalue weighted by Crippen LogP contribution is -2.40. The highest BCUT2D eigenvalue weighted by Crippen LogP contribution is 2.38. The van der Waals surface area contributed by atoms with E-state index in [0.717, 1.165) is 12.3 Å². The van der Waals surface area contributed by atoms with Crippen LogP contribution in [-0.4, -0.2) is 81.2 Å². The van der Waals surface area contributed by atoms with Gasteiger partial charge in [-0.3, -0.25) is 4.79 Å². The van der Waals surface area contributed by atoms with Crippen LogP contribution in [0.15, 0.2) is 30.7 Å². The summed E-state index contributed by atoms with van der Waals surface area (Å²) in [6.07, 6.45) is 0.581. The van der Waals surface area contributed by atoms with Crippen molar-refractivity contribution in [3.8, 4) is 17.1 Å². The summed E-state index contributed by atoms with van der Waals surface area (Å²) >= 11 is 0. The molecule has 2 aliphatic rings. The highest BCUT2D eigenvalue weighted by atomic mass is 19.4. The fourth-order valence-electron chi connectivity index (χ4n) is 4.48. The average Bonchev–Trinajstić information content (AvgIpc) is 2.94. The number of likely N-dealkylation sites (tertiary alicyclic amines) is 1. The zero-order valence-corrected chi connectivity index (χ0v) is 21.7. The number of nitrogens with zero attached hydrogens (tertiary/aromatic N) is 7. The molecule has 3 aromatic rings. The normalized spacial score (nSPS) is 16.6. The first-order valence-corrected chi connectivity index (χ1v) is 12.7. The Labute approximate surface area is 227 Å². The van der Waals surface area contributed by atoms with E-state index in [9.17, 15) is 18.0 Å². The van der Waals surface area contributed by atoms with Gasteiger partial charge in [0.2, 0.25) is 17.7 Å². The molecule has 0 aromatic carbocycles. The predicted molar refractivity (Wildman–Crippen MR) is 139 cm³/mol. The summed E-state index contributed by atoms with van der Waals surface area (Å²) in [4.78, 5) is 36.6. The third-order valence-electron chi connectivity index (χ3n) is 6.57. The minimum absolute atomic E-state index is 0.0173. The van der Waals surface area contributed by atoms with Crippen LogP contribution in [0, 0.1) is 0 Å². The Kier molecular flexibility index (Phi) is 7.82. The Bertz CT molecular complexity index is 1340. The number of rotatable bonds is 6. The number of nitrogens with two attached hydrogens (primary N) is 1. The molecule has 15 heteroatoms. The maximum Gasteiger partial charge on any atom is 0.417 e. The van der Waals surface area contributed by atoms with Gasteiger partial charge in [0.15, 0.2) is 0 Å². The van der Waals surface area contributed by atoms with E-state index in [2.05, 4.69) is 30.2 Å². The highest BCUT2D eigenvalue weighted by molar-refractivity contribution is 5.73. The molecule has 0 radical (unpaired) electrons. The second-order valence-electron chi connectivity index (χ2n) is 9.38. The van der Waals surface area contributed by atoms with Crippen molar-refractivity contribution in [2.24, 2.45) is 0 Å². The van der Waals surface area contributed by atoms with Gasteiger partial charge in [0, 0.05) is 63.8 Å². The molecule has 0 saturated carbocycles. The minimum Gasteiger partial charge on any atom is -0.473 e. The lowest BCUT2D eigenvalue weighted by molar-refractivity contribution is -0.137. The van der Waals surface area contributed by atoms with Crippen LogP contribution in [0.5, 0.6) is 5.88 Å². The van der Waals surface area contributed by atoms with Crippen LogP contribution in [0.4, 0.5) is 36.6 Å². The number of nitrogens with one attached hydrogen (secondary N) is 1. The first kappa shape index (κ1) is 27.3. The van der Waals surface area contributed by atoms with Crippen molar-refractivity contribution in [2.75, 3.05) is 55.3 Å². The van der Waals surface area contributed by atoms with E-state index in [0.29, 0.717) is 63.9 Å². The number of hydrogen-bond donors (Lipinski definition) is 2. The molecule has 5 rings (SSSR count). The lowest BCUT2D eigenvalue weighted by atomic mass is 10.1. The second kappa shape index (κ2) is 11.5. The number of nitrogen functional groups attached to an aromatic ring is 1. The van der Waals surface area contributed by atoms with Crippen LogP contribution in [0.25, 0.3) is 11.3 Å². The third kappa shape index (κ3) is 6.47. The van der Waals surface area contributed by atoms with Gasteiger partial charge >= 0.3 is 6.18 Å². The molecule has 12 nitrogen and oxygen atoms in total. The van der Waals surface area contributed by atoms with Crippen LogP contribution in [0.3, 0.4) is 0 Å². The van der Waals surface area contributed by atoms with E-state index in [1.807, 2.05) is 4.90 Å². The summed E-state index contributed by atoms with van der Waals surface area (Å²) in [6, 6.07) is 2.17. The molecule has 2 fully saturated rings. The van der Waals surface area contributed by atoms with Gasteiger partial charge in [0.05, 0.1) is 36.9 Å². The SMILES string of the molecule is CC(=O)N1CCC(Oc2cnc(Nc3cc(-c4cnc(N)cc4C(F)(F)F)nc(N4CCOCC4)n3)cn2)CC1. The fraction of sp³-hybridized carbons (Fsp3) is 0.440. The Balaban J connectivity index is 1.38. The summed E-state index contributed by atoms with van der Waals surface area (Å²) in [6.45, 7) is 4.62. The number of alkyl halides is 3. The molecule has 2 aliphatic heterocycles. The molecule has 5 heterocycles. The van der Waals surface area contributed by atoms with E-state index in [1.54, 1.807) is 11.8 Å². The molecule has 40 heavy (non-hydrogen) atoms. The van der Waals surface area contributed by atoms with Gasteiger partial charge in [-0.2, -0.15) is 18.2 Å². The maximum atomic E-state index is 13.9. The maximum absolute atomic E-state index is 13.9. The number of halogens is 3. The van der Waals surface area contributed by atoms with Crippen molar-refractivity contribution in [2.45, 2.75) is 32.0 Å². The fourth-order valence-corrected chi connectivity index (χ4v) is 4.48. The number of aromatic nitrogens is 5. The van der Waals surface area contributed by atoms with E-state index < -0.39 is 11.7 Å². The van der Waals surface area contributed by atoms with Gasteiger partial charge in [-0.1, -0.05) is 0 Å². The Morgan fingerprint density at radius 2 is 1.77 bits per heavy atom. The van der Waals surface area contributed by atoms with Crippen molar-refractivity contribution in [3.05, 3.63) is 36.3 Å². The van der Waals surface area contributed by atoms with Gasteiger partial charge in [-0.15, -0.1) is 0 Å². The molecular weight excluding hydrogens is 531 g/mol. The van der Waals surface area contributed by atoms with Gasteiger partial charge in [0.1, 0.15) is 23.6 Å². The Hall–Kier alpha value is -4.27. The number of carbonyl (C=O) groups is 1. The van der Waals surface area contributed by atoms with E-state index in [1.165, 1.54) is 18.5 Å². The highest BCUT2D eigenvalue weighted by Gasteiger charge is 2.35. The molecule has 2 saturated heterocycles. The van der Waals surface area contributed by atoms with Gasteiger partial charge < -0.3 is 30.3 Å². The molecule has 3 N–H and O–H groups in total. The molecule has 0 atom stereocenters. The topological polar surface area (TPSA) is 145 Å². The summed E-state index contributed by atoms with van der Waals surface area (Å²) in [5, 5.41) is 3.00. The standard InChI is InChI=1S/C25H28F3N9O3/c1-15(38)36-4-2-16(3-5-36)40-23-14-31-22(13-32-23)34-21-11-19(33-24(35-21)37-6-8-39-9-7-37)17-12-30-20(29)10-18(17)25(26,27)28/h10-14,16H,2-9H2,1H3,(H2,29,30)(H,31,33,34,35). The summed E-state index contributed by atoms with van der Waals surface area (Å²) in [5.41, 5.74) is 4.39. The number of hydrogen-bond acceptors (Lipinski definition) is 11. The van der Waals surface area contributed by atoms with Gasteiger partial charge in [-0.25, -0.2) is 19.9 Å². The van der Waals surface area contributed by atoms with Crippen LogP contribution < -0.4 is 20.7 Å². The summed E-state index contributed by atoms with van der Waals surface area (Å²) in [7, 11) is 0.